The van der Waals surface area contributed by atoms with E-state index >= 15 is 0 Å². The maximum Gasteiger partial charge on any atom is 0.287 e. The zero-order chi connectivity index (χ0) is 15.2. The van der Waals surface area contributed by atoms with Gasteiger partial charge in [0.25, 0.3) is 5.91 Å². The molecule has 2 aromatic rings. The Hall–Kier alpha value is -2.27. The summed E-state index contributed by atoms with van der Waals surface area (Å²) in [5.41, 5.74) is 0.854. The van der Waals surface area contributed by atoms with Crippen LogP contribution in [0, 0.1) is 0 Å². The van der Waals surface area contributed by atoms with Crippen LogP contribution >= 0.6 is 11.6 Å². The van der Waals surface area contributed by atoms with Crippen molar-refractivity contribution in [2.75, 3.05) is 13.6 Å². The minimum Gasteiger partial charge on any atom is -0.459 e. The van der Waals surface area contributed by atoms with Gasteiger partial charge in [0.2, 0.25) is 5.91 Å². The van der Waals surface area contributed by atoms with Gasteiger partial charge in [0, 0.05) is 18.6 Å². The molecular weight excluding hydrogens is 292 g/mol. The van der Waals surface area contributed by atoms with Crippen LogP contribution in [0.15, 0.2) is 47.1 Å². The summed E-state index contributed by atoms with van der Waals surface area (Å²) in [5, 5.41) is 3.12. The number of carbonyl (C=O) groups is 2. The fourth-order valence-electron chi connectivity index (χ4n) is 1.76. The zero-order valence-corrected chi connectivity index (χ0v) is 12.3. The van der Waals surface area contributed by atoms with Crippen molar-refractivity contribution in [3.8, 4) is 0 Å². The molecule has 110 valence electrons. The topological polar surface area (TPSA) is 62.6 Å². The lowest BCUT2D eigenvalue weighted by Crippen LogP contribution is -2.37. The van der Waals surface area contributed by atoms with Crippen LogP contribution in [0.25, 0.3) is 0 Å². The summed E-state index contributed by atoms with van der Waals surface area (Å²) in [7, 11) is 1.66. The van der Waals surface area contributed by atoms with Gasteiger partial charge in [0.05, 0.1) is 12.8 Å². The molecule has 5 nitrogen and oxygen atoms in total. The lowest BCUT2D eigenvalue weighted by atomic mass is 10.2. The Bertz CT molecular complexity index is 626. The fraction of sp³-hybridized carbons (Fsp3) is 0.200. The van der Waals surface area contributed by atoms with Gasteiger partial charge in [-0.25, -0.2) is 0 Å². The van der Waals surface area contributed by atoms with Crippen molar-refractivity contribution in [1.29, 1.82) is 0 Å². The molecule has 2 amide bonds. The molecule has 0 aliphatic carbocycles. The van der Waals surface area contributed by atoms with Gasteiger partial charge in [0.15, 0.2) is 5.76 Å². The van der Waals surface area contributed by atoms with E-state index in [2.05, 4.69) is 5.32 Å². The molecule has 1 aromatic heterocycles. The van der Waals surface area contributed by atoms with Gasteiger partial charge in [-0.3, -0.25) is 9.59 Å². The maximum atomic E-state index is 12.0. The highest BCUT2D eigenvalue weighted by atomic mass is 35.5. The smallest absolute Gasteiger partial charge is 0.287 e. The fourth-order valence-corrected chi connectivity index (χ4v) is 1.95. The summed E-state index contributed by atoms with van der Waals surface area (Å²) in [6, 6.07) is 10.5. The Labute approximate surface area is 127 Å². The number of nitrogens with one attached hydrogen (secondary N) is 1. The molecule has 0 radical (unpaired) electrons. The molecular formula is C15H15ClN2O3. The highest BCUT2D eigenvalue weighted by Gasteiger charge is 2.14. The summed E-state index contributed by atoms with van der Waals surface area (Å²) in [6.07, 6.45) is 1.40. The number of amides is 2. The lowest BCUT2D eigenvalue weighted by molar-refractivity contribution is -0.129. The maximum absolute atomic E-state index is 12.0. The van der Waals surface area contributed by atoms with Gasteiger partial charge in [-0.05, 0) is 23.8 Å². The number of hydrogen-bond donors (Lipinski definition) is 1. The lowest BCUT2D eigenvalue weighted by Gasteiger charge is -2.18. The average Bonchev–Trinajstić information content (AvgIpc) is 3.01. The molecule has 2 rings (SSSR count). The molecule has 0 aliphatic heterocycles. The van der Waals surface area contributed by atoms with E-state index in [0.717, 1.165) is 5.56 Å². The van der Waals surface area contributed by atoms with Crippen LogP contribution < -0.4 is 5.32 Å². The van der Waals surface area contributed by atoms with Crippen molar-refractivity contribution < 1.29 is 14.0 Å². The van der Waals surface area contributed by atoms with Crippen molar-refractivity contribution in [3.63, 3.8) is 0 Å². The number of halogens is 1. The molecule has 6 heteroatoms. The van der Waals surface area contributed by atoms with E-state index < -0.39 is 5.91 Å². The van der Waals surface area contributed by atoms with E-state index in [4.69, 9.17) is 16.0 Å². The van der Waals surface area contributed by atoms with E-state index in [1.165, 1.54) is 17.2 Å². The third-order valence-electron chi connectivity index (χ3n) is 2.94. The summed E-state index contributed by atoms with van der Waals surface area (Å²) < 4.78 is 4.95. The van der Waals surface area contributed by atoms with Crippen LogP contribution in [-0.2, 0) is 11.3 Å². The first-order chi connectivity index (χ1) is 10.1. The van der Waals surface area contributed by atoms with Crippen LogP contribution in [0.4, 0.5) is 0 Å². The molecule has 0 unspecified atom stereocenters. The Morgan fingerprint density at radius 3 is 2.67 bits per heavy atom. The third kappa shape index (κ3) is 4.10. The second kappa shape index (κ2) is 6.95. The Balaban J connectivity index is 1.86. The quantitative estimate of drug-likeness (QED) is 0.922. The first-order valence-electron chi connectivity index (χ1n) is 6.37. The molecule has 0 fully saturated rings. The predicted octanol–water partition coefficient (Wildman–Crippen LogP) is 2.32. The van der Waals surface area contributed by atoms with Crippen molar-refractivity contribution in [1.82, 2.24) is 10.2 Å². The summed E-state index contributed by atoms with van der Waals surface area (Å²) in [4.78, 5) is 25.1. The van der Waals surface area contributed by atoms with E-state index in [9.17, 15) is 9.59 Å². The van der Waals surface area contributed by atoms with Gasteiger partial charge in [-0.1, -0.05) is 29.8 Å². The normalized spacial score (nSPS) is 10.2. The minimum absolute atomic E-state index is 0.0967. The van der Waals surface area contributed by atoms with Gasteiger partial charge in [0.1, 0.15) is 0 Å². The number of furan rings is 1. The predicted molar refractivity (Wildman–Crippen MR) is 79.0 cm³/mol. The van der Waals surface area contributed by atoms with Crippen LogP contribution in [0.2, 0.25) is 5.02 Å². The van der Waals surface area contributed by atoms with Crippen LogP contribution in [-0.4, -0.2) is 30.3 Å². The molecule has 0 bridgehead atoms. The van der Waals surface area contributed by atoms with Crippen molar-refractivity contribution in [3.05, 3.63) is 59.0 Å². The molecule has 1 N–H and O–H groups in total. The minimum atomic E-state index is -0.417. The molecule has 0 saturated carbocycles. The average molecular weight is 307 g/mol. The Kier molecular flexibility index (Phi) is 5.00. The number of likely N-dealkylation sites (N-methyl/N-ethyl adjacent to an activating group) is 1. The van der Waals surface area contributed by atoms with E-state index in [1.54, 1.807) is 19.2 Å². The molecule has 21 heavy (non-hydrogen) atoms. The number of carbonyl (C=O) groups excluding carboxylic acids is 2. The highest BCUT2D eigenvalue weighted by molar-refractivity contribution is 6.31. The third-order valence-corrected chi connectivity index (χ3v) is 3.30. The molecule has 0 spiro atoms. The molecule has 0 saturated heterocycles. The van der Waals surface area contributed by atoms with Gasteiger partial charge >= 0.3 is 0 Å². The SMILES string of the molecule is CN(Cc1ccccc1Cl)C(=O)CNC(=O)c1ccco1. The molecule has 1 heterocycles. The highest BCUT2D eigenvalue weighted by Crippen LogP contribution is 2.16. The standard InChI is InChI=1S/C15H15ClN2O3/c1-18(10-11-5-2-3-6-12(11)16)14(19)9-17-15(20)13-7-4-8-21-13/h2-8H,9-10H2,1H3,(H,17,20). The van der Waals surface area contributed by atoms with E-state index in [0.29, 0.717) is 11.6 Å². The van der Waals surface area contributed by atoms with Crippen molar-refractivity contribution >= 4 is 23.4 Å². The second-order valence-corrected chi connectivity index (χ2v) is 4.91. The van der Waals surface area contributed by atoms with Crippen LogP contribution in [0.1, 0.15) is 16.1 Å². The monoisotopic (exact) mass is 306 g/mol. The largest absolute Gasteiger partial charge is 0.459 e. The van der Waals surface area contributed by atoms with Crippen LogP contribution in [0.3, 0.4) is 0 Å². The van der Waals surface area contributed by atoms with E-state index in [-0.39, 0.29) is 18.2 Å². The molecule has 0 atom stereocenters. The summed E-state index contributed by atoms with van der Waals surface area (Å²) >= 11 is 6.05. The van der Waals surface area contributed by atoms with Crippen molar-refractivity contribution in [2.45, 2.75) is 6.54 Å². The van der Waals surface area contributed by atoms with Gasteiger partial charge < -0.3 is 14.6 Å². The number of nitrogens with zero attached hydrogens (tertiary/aromatic N) is 1. The summed E-state index contributed by atoms with van der Waals surface area (Å²) in [5.74, 6) is -0.453. The number of benzene rings is 1. The second-order valence-electron chi connectivity index (χ2n) is 4.50. The molecule has 1 aromatic carbocycles. The Morgan fingerprint density at radius 2 is 2.00 bits per heavy atom. The zero-order valence-electron chi connectivity index (χ0n) is 11.5. The van der Waals surface area contributed by atoms with Crippen molar-refractivity contribution in [2.24, 2.45) is 0 Å². The summed E-state index contributed by atoms with van der Waals surface area (Å²) in [6.45, 7) is 0.287. The van der Waals surface area contributed by atoms with Crippen LogP contribution in [0.5, 0.6) is 0 Å². The van der Waals surface area contributed by atoms with E-state index in [1.807, 2.05) is 18.2 Å². The number of hydrogen-bond acceptors (Lipinski definition) is 3. The Morgan fingerprint density at radius 1 is 1.24 bits per heavy atom. The number of rotatable bonds is 5. The first-order valence-corrected chi connectivity index (χ1v) is 6.75. The van der Waals surface area contributed by atoms with Gasteiger partial charge in [-0.15, -0.1) is 0 Å². The van der Waals surface area contributed by atoms with Gasteiger partial charge in [-0.2, -0.15) is 0 Å². The molecule has 0 aliphatic rings. The first kappa shape index (κ1) is 15.1.